The summed E-state index contributed by atoms with van der Waals surface area (Å²) in [6.45, 7) is 11.7. The van der Waals surface area contributed by atoms with Gasteiger partial charge in [0.15, 0.2) is 0 Å². The van der Waals surface area contributed by atoms with Gasteiger partial charge in [0.2, 0.25) is 0 Å². The summed E-state index contributed by atoms with van der Waals surface area (Å²) in [5.41, 5.74) is 7.38. The van der Waals surface area contributed by atoms with Crippen molar-refractivity contribution in [2.45, 2.75) is 38.0 Å². The fourth-order valence-corrected chi connectivity index (χ4v) is 14.2. The molecule has 0 aromatic heterocycles. The van der Waals surface area contributed by atoms with Crippen LogP contribution in [0.4, 0.5) is 0 Å². The summed E-state index contributed by atoms with van der Waals surface area (Å²) in [5.74, 6) is 0. The van der Waals surface area contributed by atoms with Crippen LogP contribution in [0.25, 0.3) is 0 Å². The van der Waals surface area contributed by atoms with Crippen LogP contribution in [0.3, 0.4) is 0 Å². The first-order chi connectivity index (χ1) is 14.4. The molecule has 0 unspecified atom stereocenters. The van der Waals surface area contributed by atoms with Gasteiger partial charge in [0.1, 0.15) is 0 Å². The predicted octanol–water partition coefficient (Wildman–Crippen LogP) is -3.59. The summed E-state index contributed by atoms with van der Waals surface area (Å²) in [4.78, 5) is 0. The van der Waals surface area contributed by atoms with Gasteiger partial charge in [0.25, 0.3) is 0 Å². The molecule has 0 fully saturated rings. The van der Waals surface area contributed by atoms with Gasteiger partial charge in [-0.05, 0) is 0 Å². The number of benzene rings is 3. The minimum absolute atomic E-state index is 0. The van der Waals surface area contributed by atoms with Crippen LogP contribution in [0.2, 0.25) is 3.34 Å². The second kappa shape index (κ2) is 11.6. The van der Waals surface area contributed by atoms with E-state index in [9.17, 15) is 0 Å². The SMILES string of the molecule is CC1=C(C)[C]([Ti+3])([Si](c2ccccc2)(c2ccccc2)c2ccccc2C)C(C)=C1C.[Cl-].[Cl-].[Cl-]. The molecule has 0 bridgehead atoms. The number of hydrogen-bond acceptors (Lipinski definition) is 0. The molecule has 0 nitrogen and oxygen atoms in total. The molecule has 0 radical (unpaired) electrons. The van der Waals surface area contributed by atoms with Crippen molar-refractivity contribution in [3.8, 4) is 0 Å². The largest absolute Gasteiger partial charge is 1.00 e. The van der Waals surface area contributed by atoms with Crippen LogP contribution in [0.1, 0.15) is 33.3 Å². The van der Waals surface area contributed by atoms with Gasteiger partial charge in [-0.2, -0.15) is 0 Å². The number of aryl methyl sites for hydroxylation is 1. The normalized spacial score (nSPS) is 14.9. The zero-order valence-electron chi connectivity index (χ0n) is 19.7. The summed E-state index contributed by atoms with van der Waals surface area (Å²) >= 11 is 2.52. The summed E-state index contributed by atoms with van der Waals surface area (Å²) < 4.78 is -0.0318. The number of allylic oxidation sites excluding steroid dienone is 4. The van der Waals surface area contributed by atoms with Crippen molar-refractivity contribution >= 4 is 23.6 Å². The molecule has 0 saturated carbocycles. The molecule has 0 amide bonds. The Balaban J connectivity index is 0.00000181. The Morgan fingerprint density at radius 2 is 0.909 bits per heavy atom. The molecule has 5 heteroatoms. The van der Waals surface area contributed by atoms with Crippen molar-refractivity contribution in [2.24, 2.45) is 0 Å². The van der Waals surface area contributed by atoms with E-state index < -0.39 is 8.07 Å². The van der Waals surface area contributed by atoms with Crippen molar-refractivity contribution in [2.75, 3.05) is 0 Å². The first kappa shape index (κ1) is 30.0. The number of hydrogen-bond donors (Lipinski definition) is 0. The van der Waals surface area contributed by atoms with Crippen molar-refractivity contribution < 1.29 is 57.7 Å². The molecule has 33 heavy (non-hydrogen) atoms. The van der Waals surface area contributed by atoms with E-state index in [1.165, 1.54) is 43.4 Å². The average Bonchev–Trinajstić information content (AvgIpc) is 2.93. The third kappa shape index (κ3) is 4.38. The summed E-state index contributed by atoms with van der Waals surface area (Å²) in [6.07, 6.45) is 0. The maximum atomic E-state index is 2.52. The summed E-state index contributed by atoms with van der Waals surface area (Å²) in [6, 6.07) is 31.7. The maximum absolute atomic E-state index is 2.52. The van der Waals surface area contributed by atoms with Gasteiger partial charge in [-0.1, -0.05) is 0 Å². The Morgan fingerprint density at radius 3 is 1.30 bits per heavy atom. The Morgan fingerprint density at radius 1 is 0.545 bits per heavy atom. The van der Waals surface area contributed by atoms with Gasteiger partial charge in [-0.15, -0.1) is 0 Å². The monoisotopic (exact) mass is 546 g/mol. The second-order valence-electron chi connectivity index (χ2n) is 8.55. The quantitative estimate of drug-likeness (QED) is 0.234. The number of halogens is 3. The van der Waals surface area contributed by atoms with Crippen LogP contribution in [0, 0.1) is 6.92 Å². The standard InChI is InChI=1S/C28H29Si.3ClH.Ti/c1-20-14-12-13-19-27(20)29(25-15-8-6-9-16-25,26-17-10-7-11-18-26)28-23(4)21(2)22(3)24(28)5;;;;/h6-19H,1-5H3;3*1H;/q;;;;+3/p-3. The van der Waals surface area contributed by atoms with Gasteiger partial charge in [0.05, 0.1) is 0 Å². The molecular weight excluding hydrogens is 519 g/mol. The molecule has 0 saturated heterocycles. The third-order valence-electron chi connectivity index (χ3n) is 7.34. The van der Waals surface area contributed by atoms with Crippen LogP contribution in [-0.2, 0) is 20.4 Å². The average molecular weight is 548 g/mol. The minimum atomic E-state index is -2.49. The zero-order valence-corrected chi connectivity index (χ0v) is 24.5. The topological polar surface area (TPSA) is 0 Å². The summed E-state index contributed by atoms with van der Waals surface area (Å²) in [5, 5.41) is 4.48. The van der Waals surface area contributed by atoms with Gasteiger partial charge < -0.3 is 37.2 Å². The van der Waals surface area contributed by atoms with Crippen molar-refractivity contribution in [3.63, 3.8) is 0 Å². The Kier molecular flexibility index (Phi) is 10.5. The molecule has 4 rings (SSSR count). The van der Waals surface area contributed by atoms with E-state index in [0.717, 1.165) is 0 Å². The Bertz CT molecular complexity index is 1090. The Labute approximate surface area is 230 Å². The van der Waals surface area contributed by atoms with Crippen LogP contribution < -0.4 is 52.8 Å². The molecule has 0 N–H and O–H groups in total. The van der Waals surface area contributed by atoms with E-state index in [1.807, 2.05) is 0 Å². The van der Waals surface area contributed by atoms with Crippen molar-refractivity contribution in [3.05, 3.63) is 113 Å². The van der Waals surface area contributed by atoms with E-state index >= 15 is 0 Å². The van der Waals surface area contributed by atoms with Gasteiger partial charge >= 0.3 is 195 Å². The maximum Gasteiger partial charge on any atom is -1.00 e. The van der Waals surface area contributed by atoms with Crippen LogP contribution in [0.15, 0.2) is 107 Å². The molecule has 1 aliphatic carbocycles. The van der Waals surface area contributed by atoms with Gasteiger partial charge in [0, 0.05) is 0 Å². The smallest absolute Gasteiger partial charge is 1.00 e. The van der Waals surface area contributed by atoms with E-state index in [2.05, 4.69) is 140 Å². The fourth-order valence-electron chi connectivity index (χ4n) is 5.45. The van der Waals surface area contributed by atoms with Crippen LogP contribution in [-0.4, -0.2) is 8.07 Å². The first-order valence-electron chi connectivity index (χ1n) is 10.6. The fraction of sp³-hybridized carbons (Fsp3) is 0.214. The van der Waals surface area contributed by atoms with Crippen molar-refractivity contribution in [1.82, 2.24) is 0 Å². The van der Waals surface area contributed by atoms with E-state index in [-0.39, 0.29) is 40.6 Å². The molecule has 0 heterocycles. The third-order valence-corrected chi connectivity index (χ3v) is 15.9. The minimum Gasteiger partial charge on any atom is -1.00 e. The Hall–Kier alpha value is -1.06. The predicted molar refractivity (Wildman–Crippen MR) is 128 cm³/mol. The number of rotatable bonds is 4. The molecule has 1 aliphatic rings. The molecule has 3 aromatic carbocycles. The second-order valence-corrected chi connectivity index (χ2v) is 14.4. The molecular formula is C28H29Cl3SiTi. The molecule has 170 valence electrons. The van der Waals surface area contributed by atoms with E-state index in [0.29, 0.717) is 0 Å². The molecule has 0 atom stereocenters. The first-order valence-corrected chi connectivity index (χ1v) is 13.4. The molecule has 3 aromatic rings. The van der Waals surface area contributed by atoms with Crippen LogP contribution >= 0.6 is 0 Å². The zero-order chi connectivity index (χ0) is 21.5. The van der Waals surface area contributed by atoms with Gasteiger partial charge in [-0.3, -0.25) is 0 Å². The summed E-state index contributed by atoms with van der Waals surface area (Å²) in [7, 11) is -2.49. The van der Waals surface area contributed by atoms with Crippen molar-refractivity contribution in [1.29, 1.82) is 0 Å². The van der Waals surface area contributed by atoms with Crippen LogP contribution in [0.5, 0.6) is 0 Å². The van der Waals surface area contributed by atoms with Gasteiger partial charge in [-0.25, -0.2) is 0 Å². The molecule has 0 aliphatic heterocycles. The molecule has 0 spiro atoms. The van der Waals surface area contributed by atoms with E-state index in [1.54, 1.807) is 0 Å². The van der Waals surface area contributed by atoms with E-state index in [4.69, 9.17) is 0 Å².